The highest BCUT2D eigenvalue weighted by atomic mass is 32.2. The summed E-state index contributed by atoms with van der Waals surface area (Å²) in [5.41, 5.74) is 1.12. The van der Waals surface area contributed by atoms with Gasteiger partial charge in [0.1, 0.15) is 0 Å². The number of benzene rings is 2. The largest absolute Gasteiger partial charge is 0.452 e. The third-order valence-corrected chi connectivity index (χ3v) is 6.21. The highest BCUT2D eigenvalue weighted by Crippen LogP contribution is 2.32. The molecule has 0 aromatic heterocycles. The standard InChI is InChI=1S/C23H20N2O6S/c1-13(31-18(26)9-10-25-11-12-32-23(25)30)22(29)24-17-8-4-7-16-19(17)21(28)15-6-3-2-5-14(15)20(16)27/h2-8,13H,9-12H2,1H3,(H,24,29). The van der Waals surface area contributed by atoms with Gasteiger partial charge in [0, 0.05) is 35.5 Å². The molecule has 1 N–H and O–H groups in total. The van der Waals surface area contributed by atoms with Crippen molar-refractivity contribution in [1.29, 1.82) is 0 Å². The lowest BCUT2D eigenvalue weighted by atomic mass is 9.83. The number of ketones is 2. The van der Waals surface area contributed by atoms with Crippen LogP contribution in [0.4, 0.5) is 10.5 Å². The van der Waals surface area contributed by atoms with Crippen molar-refractivity contribution in [3.05, 3.63) is 64.7 Å². The van der Waals surface area contributed by atoms with E-state index in [1.54, 1.807) is 41.3 Å². The Morgan fingerprint density at radius 3 is 2.41 bits per heavy atom. The summed E-state index contributed by atoms with van der Waals surface area (Å²) in [5.74, 6) is -1.18. The van der Waals surface area contributed by atoms with Gasteiger partial charge in [0.05, 0.1) is 17.7 Å². The molecule has 1 unspecified atom stereocenters. The molecule has 0 spiro atoms. The Balaban J connectivity index is 1.44. The molecule has 164 valence electrons. The van der Waals surface area contributed by atoms with Gasteiger partial charge >= 0.3 is 5.97 Å². The number of nitrogens with zero attached hydrogens (tertiary/aromatic N) is 1. The van der Waals surface area contributed by atoms with Crippen LogP contribution in [-0.2, 0) is 14.3 Å². The summed E-state index contributed by atoms with van der Waals surface area (Å²) in [4.78, 5) is 63.7. The number of hydrogen-bond acceptors (Lipinski definition) is 7. The predicted octanol–water partition coefficient (Wildman–Crippen LogP) is 2.89. The van der Waals surface area contributed by atoms with Crippen molar-refractivity contribution in [3.8, 4) is 0 Å². The molecular weight excluding hydrogens is 432 g/mol. The van der Waals surface area contributed by atoms with Crippen LogP contribution in [0.1, 0.15) is 45.2 Å². The second-order valence-corrected chi connectivity index (χ2v) is 8.45. The smallest absolute Gasteiger partial charge is 0.308 e. The van der Waals surface area contributed by atoms with Gasteiger partial charge in [0.15, 0.2) is 17.7 Å². The van der Waals surface area contributed by atoms with E-state index in [1.165, 1.54) is 24.8 Å². The Morgan fingerprint density at radius 1 is 1.03 bits per heavy atom. The molecule has 1 fully saturated rings. The van der Waals surface area contributed by atoms with E-state index in [-0.39, 0.29) is 52.1 Å². The number of anilines is 1. The molecule has 1 aliphatic heterocycles. The Kier molecular flexibility index (Phi) is 6.09. The summed E-state index contributed by atoms with van der Waals surface area (Å²) in [5, 5.41) is 2.53. The highest BCUT2D eigenvalue weighted by molar-refractivity contribution is 8.13. The van der Waals surface area contributed by atoms with Gasteiger partial charge in [-0.2, -0.15) is 0 Å². The number of rotatable bonds is 6. The van der Waals surface area contributed by atoms with Gasteiger partial charge in [-0.3, -0.25) is 24.0 Å². The quantitative estimate of drug-likeness (QED) is 0.573. The SMILES string of the molecule is CC(OC(=O)CCN1CCSC1=O)C(=O)Nc1cccc2c1C(=O)c1ccccc1C2=O. The number of thioether (sulfide) groups is 1. The number of hydrogen-bond donors (Lipinski definition) is 1. The highest BCUT2D eigenvalue weighted by Gasteiger charge is 2.32. The van der Waals surface area contributed by atoms with Crippen LogP contribution in [0.15, 0.2) is 42.5 Å². The van der Waals surface area contributed by atoms with Crippen LogP contribution in [0.2, 0.25) is 0 Å². The Labute approximate surface area is 188 Å². The number of esters is 1. The van der Waals surface area contributed by atoms with Crippen LogP contribution in [0, 0.1) is 0 Å². The molecule has 1 saturated heterocycles. The molecule has 9 heteroatoms. The minimum atomic E-state index is -1.12. The normalized spacial score (nSPS) is 15.8. The fourth-order valence-corrected chi connectivity index (χ4v) is 4.50. The number of carbonyl (C=O) groups excluding carboxylic acids is 5. The zero-order valence-electron chi connectivity index (χ0n) is 17.3. The van der Waals surface area contributed by atoms with Crippen molar-refractivity contribution < 1.29 is 28.7 Å². The Morgan fingerprint density at radius 2 is 1.72 bits per heavy atom. The zero-order valence-corrected chi connectivity index (χ0v) is 18.1. The minimum absolute atomic E-state index is 0.0194. The molecule has 2 aromatic rings. The van der Waals surface area contributed by atoms with E-state index in [4.69, 9.17) is 4.74 Å². The second kappa shape index (κ2) is 8.96. The van der Waals surface area contributed by atoms with E-state index in [1.807, 2.05) is 0 Å². The first kappa shape index (κ1) is 21.8. The first-order valence-electron chi connectivity index (χ1n) is 10.1. The third kappa shape index (κ3) is 4.16. The van der Waals surface area contributed by atoms with Crippen molar-refractivity contribution in [3.63, 3.8) is 0 Å². The van der Waals surface area contributed by atoms with Gasteiger partial charge < -0.3 is 15.0 Å². The lowest BCUT2D eigenvalue weighted by molar-refractivity contribution is -0.153. The lowest BCUT2D eigenvalue weighted by Gasteiger charge is -2.21. The summed E-state index contributed by atoms with van der Waals surface area (Å²) in [6, 6.07) is 11.2. The maximum Gasteiger partial charge on any atom is 0.308 e. The van der Waals surface area contributed by atoms with Crippen LogP contribution < -0.4 is 5.32 Å². The molecule has 32 heavy (non-hydrogen) atoms. The van der Waals surface area contributed by atoms with Crippen LogP contribution >= 0.6 is 11.8 Å². The first-order chi connectivity index (χ1) is 15.4. The summed E-state index contributed by atoms with van der Waals surface area (Å²) in [7, 11) is 0. The summed E-state index contributed by atoms with van der Waals surface area (Å²) >= 11 is 1.20. The fourth-order valence-electron chi connectivity index (χ4n) is 3.65. The molecule has 1 heterocycles. The first-order valence-corrected chi connectivity index (χ1v) is 11.1. The van der Waals surface area contributed by atoms with Gasteiger partial charge in [-0.05, 0) is 13.0 Å². The third-order valence-electron chi connectivity index (χ3n) is 5.32. The molecule has 4 rings (SSSR count). The van der Waals surface area contributed by atoms with E-state index in [2.05, 4.69) is 5.32 Å². The van der Waals surface area contributed by atoms with Crippen molar-refractivity contribution in [1.82, 2.24) is 4.90 Å². The maximum atomic E-state index is 13.0. The lowest BCUT2D eigenvalue weighted by Crippen LogP contribution is -2.33. The molecule has 2 aliphatic rings. The average Bonchev–Trinajstić information content (AvgIpc) is 3.20. The fraction of sp³-hybridized carbons (Fsp3) is 0.261. The molecule has 0 radical (unpaired) electrons. The molecule has 2 amide bonds. The molecule has 2 aromatic carbocycles. The van der Waals surface area contributed by atoms with Gasteiger partial charge in [-0.1, -0.05) is 48.2 Å². The molecule has 8 nitrogen and oxygen atoms in total. The van der Waals surface area contributed by atoms with E-state index in [0.717, 1.165) is 0 Å². The molecule has 1 atom stereocenters. The molecule has 0 saturated carbocycles. The number of carbonyl (C=O) groups is 5. The summed E-state index contributed by atoms with van der Waals surface area (Å²) < 4.78 is 5.18. The molecule has 0 bridgehead atoms. The number of amides is 2. The van der Waals surface area contributed by atoms with Crippen molar-refractivity contribution in [2.24, 2.45) is 0 Å². The van der Waals surface area contributed by atoms with E-state index in [0.29, 0.717) is 17.9 Å². The van der Waals surface area contributed by atoms with Crippen molar-refractivity contribution >= 4 is 46.1 Å². The van der Waals surface area contributed by atoms with Gasteiger partial charge in [-0.25, -0.2) is 0 Å². The Bertz CT molecular complexity index is 1150. The monoisotopic (exact) mass is 452 g/mol. The zero-order chi connectivity index (χ0) is 22.8. The van der Waals surface area contributed by atoms with Gasteiger partial charge in [-0.15, -0.1) is 0 Å². The van der Waals surface area contributed by atoms with E-state index >= 15 is 0 Å². The maximum absolute atomic E-state index is 13.0. The number of ether oxygens (including phenoxy) is 1. The number of nitrogens with one attached hydrogen (secondary N) is 1. The number of fused-ring (bicyclic) bond motifs is 2. The predicted molar refractivity (Wildman–Crippen MR) is 118 cm³/mol. The average molecular weight is 452 g/mol. The van der Waals surface area contributed by atoms with Crippen LogP contribution in [0.25, 0.3) is 0 Å². The van der Waals surface area contributed by atoms with Gasteiger partial charge in [0.25, 0.3) is 11.1 Å². The Hall–Kier alpha value is -3.46. The van der Waals surface area contributed by atoms with Gasteiger partial charge in [0.2, 0.25) is 0 Å². The van der Waals surface area contributed by atoms with E-state index in [9.17, 15) is 24.0 Å². The summed E-state index contributed by atoms with van der Waals surface area (Å²) in [6.45, 7) is 2.24. The van der Waals surface area contributed by atoms with Crippen molar-refractivity contribution in [2.75, 3.05) is 24.2 Å². The minimum Gasteiger partial charge on any atom is -0.452 e. The summed E-state index contributed by atoms with van der Waals surface area (Å²) in [6.07, 6.45) is -1.14. The van der Waals surface area contributed by atoms with Crippen LogP contribution in [0.3, 0.4) is 0 Å². The van der Waals surface area contributed by atoms with E-state index < -0.39 is 18.0 Å². The second-order valence-electron chi connectivity index (χ2n) is 7.40. The molecule has 1 aliphatic carbocycles. The molecular formula is C23H20N2O6S. The van der Waals surface area contributed by atoms with Crippen molar-refractivity contribution in [2.45, 2.75) is 19.4 Å². The van der Waals surface area contributed by atoms with Crippen LogP contribution in [-0.4, -0.2) is 58.5 Å². The van der Waals surface area contributed by atoms with Crippen LogP contribution in [0.5, 0.6) is 0 Å². The topological polar surface area (TPSA) is 110 Å².